The van der Waals surface area contributed by atoms with Crippen molar-refractivity contribution in [1.82, 2.24) is 15.3 Å². The third kappa shape index (κ3) is 4.01. The lowest BCUT2D eigenvalue weighted by atomic mass is 10.1. The van der Waals surface area contributed by atoms with Crippen LogP contribution in [0.3, 0.4) is 0 Å². The van der Waals surface area contributed by atoms with E-state index in [1.807, 2.05) is 60.7 Å². The predicted octanol–water partition coefficient (Wildman–Crippen LogP) is 6.26. The van der Waals surface area contributed by atoms with Crippen LogP contribution in [0, 0.1) is 5.82 Å². The molecule has 0 aliphatic carbocycles. The third-order valence-electron chi connectivity index (χ3n) is 5.42. The quantitative estimate of drug-likeness (QED) is 0.307. The molecule has 6 heteroatoms. The average molecular weight is 488 g/mol. The van der Waals surface area contributed by atoms with Crippen molar-refractivity contribution in [3.05, 3.63) is 100 Å². The fourth-order valence-corrected chi connectivity index (χ4v) is 4.31. The number of carbonyl (C=O) groups is 1. The van der Waals surface area contributed by atoms with Gasteiger partial charge in [0.25, 0.3) is 5.91 Å². The Hall–Kier alpha value is -3.51. The molecule has 5 rings (SSSR count). The Kier molecular flexibility index (Phi) is 5.45. The van der Waals surface area contributed by atoms with Gasteiger partial charge in [-0.3, -0.25) is 4.79 Å². The second-order valence-electron chi connectivity index (χ2n) is 7.60. The van der Waals surface area contributed by atoms with Crippen molar-refractivity contribution in [2.45, 2.75) is 6.42 Å². The first-order chi connectivity index (χ1) is 15.6. The molecular formula is C26H19BrFN3O. The van der Waals surface area contributed by atoms with Crippen molar-refractivity contribution in [3.63, 3.8) is 0 Å². The maximum absolute atomic E-state index is 13.4. The summed E-state index contributed by atoms with van der Waals surface area (Å²) in [6, 6.07) is 24.1. The number of nitrogens with one attached hydrogen (secondary N) is 2. The molecule has 0 aliphatic rings. The van der Waals surface area contributed by atoms with Crippen LogP contribution in [0.25, 0.3) is 33.1 Å². The molecule has 0 aliphatic heterocycles. The highest BCUT2D eigenvalue weighted by Gasteiger charge is 2.17. The van der Waals surface area contributed by atoms with E-state index in [1.54, 1.807) is 6.07 Å². The molecule has 2 N–H and O–H groups in total. The van der Waals surface area contributed by atoms with Gasteiger partial charge in [0.05, 0.1) is 11.2 Å². The number of fused-ring (bicyclic) bond motifs is 3. The summed E-state index contributed by atoms with van der Waals surface area (Å²) >= 11 is 3.52. The van der Waals surface area contributed by atoms with Crippen LogP contribution < -0.4 is 5.32 Å². The number of hydrogen-bond acceptors (Lipinski definition) is 2. The van der Waals surface area contributed by atoms with Crippen molar-refractivity contribution in [2.75, 3.05) is 6.54 Å². The molecule has 2 aromatic heterocycles. The van der Waals surface area contributed by atoms with Gasteiger partial charge >= 0.3 is 0 Å². The van der Waals surface area contributed by atoms with Crippen molar-refractivity contribution < 1.29 is 9.18 Å². The number of aromatic nitrogens is 2. The second kappa shape index (κ2) is 8.55. The van der Waals surface area contributed by atoms with E-state index in [2.05, 4.69) is 26.2 Å². The number of H-pyrrole nitrogens is 1. The molecular weight excluding hydrogens is 469 g/mol. The molecule has 0 spiro atoms. The van der Waals surface area contributed by atoms with Crippen LogP contribution in [0.4, 0.5) is 4.39 Å². The lowest BCUT2D eigenvalue weighted by molar-refractivity contribution is 0.0949. The summed E-state index contributed by atoms with van der Waals surface area (Å²) in [6.45, 7) is 0.391. The van der Waals surface area contributed by atoms with E-state index in [9.17, 15) is 9.18 Å². The van der Waals surface area contributed by atoms with E-state index in [0.717, 1.165) is 43.1 Å². The largest absolute Gasteiger partial charge is 0.353 e. The van der Waals surface area contributed by atoms with E-state index in [4.69, 9.17) is 4.98 Å². The minimum absolute atomic E-state index is 0.259. The zero-order chi connectivity index (χ0) is 22.1. The molecule has 32 heavy (non-hydrogen) atoms. The molecule has 3 aromatic carbocycles. The van der Waals surface area contributed by atoms with Gasteiger partial charge in [0.1, 0.15) is 11.5 Å². The summed E-state index contributed by atoms with van der Waals surface area (Å²) < 4.78 is 14.3. The summed E-state index contributed by atoms with van der Waals surface area (Å²) in [5.74, 6) is -0.538. The summed E-state index contributed by atoms with van der Waals surface area (Å²) in [7, 11) is 0. The van der Waals surface area contributed by atoms with Crippen LogP contribution in [0.5, 0.6) is 0 Å². The van der Waals surface area contributed by atoms with Gasteiger partial charge in [-0.15, -0.1) is 0 Å². The summed E-state index contributed by atoms with van der Waals surface area (Å²) in [4.78, 5) is 21.2. The molecule has 5 aromatic rings. The molecule has 0 bridgehead atoms. The number of halogens is 2. The van der Waals surface area contributed by atoms with Crippen molar-refractivity contribution in [2.24, 2.45) is 0 Å². The van der Waals surface area contributed by atoms with Gasteiger partial charge in [-0.05, 0) is 48.4 Å². The van der Waals surface area contributed by atoms with Crippen LogP contribution >= 0.6 is 15.9 Å². The van der Waals surface area contributed by atoms with Gasteiger partial charge in [0, 0.05) is 32.9 Å². The molecule has 2 heterocycles. The minimum Gasteiger partial charge on any atom is -0.353 e. The maximum atomic E-state index is 13.4. The fourth-order valence-electron chi connectivity index (χ4n) is 3.91. The second-order valence-corrected chi connectivity index (χ2v) is 8.51. The SMILES string of the molecule is O=C(NCCc1cccc(F)c1)c1cc2c([nH]c3ccccc32)c(-c2cccc(Br)c2)n1. The Labute approximate surface area is 192 Å². The summed E-state index contributed by atoms with van der Waals surface area (Å²) in [6.07, 6.45) is 0.539. The first-order valence-electron chi connectivity index (χ1n) is 10.3. The predicted molar refractivity (Wildman–Crippen MR) is 129 cm³/mol. The molecule has 0 saturated heterocycles. The van der Waals surface area contributed by atoms with E-state index in [1.165, 1.54) is 12.1 Å². The van der Waals surface area contributed by atoms with Crippen molar-refractivity contribution in [3.8, 4) is 11.3 Å². The van der Waals surface area contributed by atoms with Crippen LogP contribution in [0.15, 0.2) is 83.3 Å². The molecule has 0 unspecified atom stereocenters. The molecule has 158 valence electrons. The van der Waals surface area contributed by atoms with Gasteiger partial charge in [-0.1, -0.05) is 58.4 Å². The lowest BCUT2D eigenvalue weighted by Crippen LogP contribution is -2.26. The van der Waals surface area contributed by atoms with Gasteiger partial charge < -0.3 is 10.3 Å². The Balaban J connectivity index is 1.52. The van der Waals surface area contributed by atoms with Gasteiger partial charge in [-0.2, -0.15) is 0 Å². The first kappa shape index (κ1) is 20.4. The summed E-state index contributed by atoms with van der Waals surface area (Å²) in [5, 5.41) is 4.90. The topological polar surface area (TPSA) is 57.8 Å². The Morgan fingerprint density at radius 2 is 1.81 bits per heavy atom. The number of carbonyl (C=O) groups excluding carboxylic acids is 1. The molecule has 4 nitrogen and oxygen atoms in total. The summed E-state index contributed by atoms with van der Waals surface area (Å²) in [5.41, 5.74) is 4.68. The van der Waals surface area contributed by atoms with E-state index in [0.29, 0.717) is 18.7 Å². The Bertz CT molecular complexity index is 1460. The smallest absolute Gasteiger partial charge is 0.269 e. The number of pyridine rings is 1. The number of amides is 1. The highest BCUT2D eigenvalue weighted by Crippen LogP contribution is 2.33. The van der Waals surface area contributed by atoms with Crippen LogP contribution in [-0.4, -0.2) is 22.4 Å². The van der Waals surface area contributed by atoms with Gasteiger partial charge in [0.2, 0.25) is 0 Å². The Morgan fingerprint density at radius 1 is 0.969 bits per heavy atom. The molecule has 0 atom stereocenters. The standard InChI is InChI=1S/C26H19BrFN3O/c27-18-7-4-6-17(14-18)24-25-21(20-9-1-2-10-22(20)30-25)15-23(31-24)26(32)29-12-11-16-5-3-8-19(28)13-16/h1-10,13-15,30H,11-12H2,(H,29,32). The normalized spacial score (nSPS) is 11.2. The van der Waals surface area contributed by atoms with E-state index in [-0.39, 0.29) is 11.7 Å². The van der Waals surface area contributed by atoms with Crippen molar-refractivity contribution in [1.29, 1.82) is 0 Å². The maximum Gasteiger partial charge on any atom is 0.269 e. The van der Waals surface area contributed by atoms with E-state index >= 15 is 0 Å². The number of nitrogens with zero attached hydrogens (tertiary/aromatic N) is 1. The minimum atomic E-state index is -0.279. The molecule has 0 saturated carbocycles. The average Bonchev–Trinajstić information content (AvgIpc) is 3.17. The van der Waals surface area contributed by atoms with E-state index < -0.39 is 0 Å². The first-order valence-corrected chi connectivity index (χ1v) is 11.1. The van der Waals surface area contributed by atoms with Crippen LogP contribution in [0.1, 0.15) is 16.1 Å². The van der Waals surface area contributed by atoms with Crippen molar-refractivity contribution >= 4 is 43.6 Å². The zero-order valence-corrected chi connectivity index (χ0v) is 18.6. The van der Waals surface area contributed by atoms with Crippen LogP contribution in [0.2, 0.25) is 0 Å². The highest BCUT2D eigenvalue weighted by molar-refractivity contribution is 9.10. The zero-order valence-electron chi connectivity index (χ0n) is 17.0. The monoisotopic (exact) mass is 487 g/mol. The number of aromatic amines is 1. The van der Waals surface area contributed by atoms with Gasteiger partial charge in [-0.25, -0.2) is 9.37 Å². The number of hydrogen-bond donors (Lipinski definition) is 2. The van der Waals surface area contributed by atoms with Gasteiger partial charge in [0.15, 0.2) is 0 Å². The number of benzene rings is 3. The molecule has 0 radical (unpaired) electrons. The lowest BCUT2D eigenvalue weighted by Gasteiger charge is -2.09. The Morgan fingerprint density at radius 3 is 2.66 bits per heavy atom. The molecule has 1 amide bonds. The fraction of sp³-hybridized carbons (Fsp3) is 0.0769. The third-order valence-corrected chi connectivity index (χ3v) is 5.91. The highest BCUT2D eigenvalue weighted by atomic mass is 79.9. The number of rotatable bonds is 5. The number of para-hydroxylation sites is 1. The van der Waals surface area contributed by atoms with Crippen LogP contribution in [-0.2, 0) is 6.42 Å². The molecule has 0 fully saturated rings.